The number of nitrogens with zero attached hydrogens (tertiary/aromatic N) is 1. The molecule has 0 fully saturated rings. The number of aliphatic imine (C=N–C) groups is 1. The molecule has 0 aromatic carbocycles. The number of guanidine groups is 1. The van der Waals surface area contributed by atoms with Crippen LogP contribution in [0.2, 0.25) is 0 Å². The molecule has 0 radical (unpaired) electrons. The van der Waals surface area contributed by atoms with E-state index in [9.17, 15) is 33.9 Å². The number of hydrogen-bond acceptors (Lipinski definition) is 8. The monoisotopic (exact) mass is 516 g/mol. The molecule has 4 unspecified atom stereocenters. The van der Waals surface area contributed by atoms with Gasteiger partial charge in [0.1, 0.15) is 18.1 Å². The summed E-state index contributed by atoms with van der Waals surface area (Å²) in [5, 5.41) is 25.2. The molecule has 4 amide bonds. The average molecular weight is 517 g/mol. The molecule has 0 saturated carbocycles. The summed E-state index contributed by atoms with van der Waals surface area (Å²) >= 11 is 0. The van der Waals surface area contributed by atoms with E-state index in [1.54, 1.807) is 13.8 Å². The molecule has 0 heterocycles. The van der Waals surface area contributed by atoms with Crippen LogP contribution in [-0.4, -0.2) is 82.5 Å². The lowest BCUT2D eigenvalue weighted by Gasteiger charge is -2.27. The molecule has 0 aliphatic heterocycles. The van der Waals surface area contributed by atoms with Gasteiger partial charge in [0.2, 0.25) is 23.6 Å². The van der Waals surface area contributed by atoms with Crippen molar-refractivity contribution in [3.05, 3.63) is 0 Å². The Hall–Kier alpha value is -3.95. The normalized spacial score (nSPS) is 14.0. The maximum atomic E-state index is 13.0. The number of rotatable bonds is 17. The van der Waals surface area contributed by atoms with Crippen LogP contribution in [0.15, 0.2) is 4.99 Å². The lowest BCUT2D eigenvalue weighted by Crippen LogP contribution is -2.58. The van der Waals surface area contributed by atoms with Crippen LogP contribution in [0.1, 0.15) is 46.0 Å². The Morgan fingerprint density at radius 2 is 1.42 bits per heavy atom. The van der Waals surface area contributed by atoms with Crippen molar-refractivity contribution in [3.63, 3.8) is 0 Å². The highest BCUT2D eigenvalue weighted by molar-refractivity contribution is 5.95. The third-order valence-electron chi connectivity index (χ3n) is 4.84. The quantitative estimate of drug-likeness (QED) is 0.0514. The van der Waals surface area contributed by atoms with Crippen LogP contribution in [0.5, 0.6) is 0 Å². The van der Waals surface area contributed by atoms with Gasteiger partial charge in [-0.15, -0.1) is 0 Å². The number of amides is 4. The molecule has 16 heteroatoms. The van der Waals surface area contributed by atoms with Crippen molar-refractivity contribution in [1.82, 2.24) is 16.0 Å². The van der Waals surface area contributed by atoms with Crippen molar-refractivity contribution in [2.24, 2.45) is 33.8 Å². The summed E-state index contributed by atoms with van der Waals surface area (Å²) < 4.78 is 0. The van der Waals surface area contributed by atoms with Gasteiger partial charge in [-0.25, -0.2) is 4.79 Å². The molecular weight excluding hydrogens is 480 g/mol. The standard InChI is InChI=1S/C20H36N8O8/c1-9(2)15(28-16(32)10(21)8-13(22)29)18(34)26-11(4-3-7-25-20(23)24)17(33)27-12(19(35)36)5-6-14(30)31/h9-12,15H,3-8,21H2,1-2H3,(H2,22,29)(H,26,34)(H,27,33)(H,28,32)(H,30,31)(H,35,36)(H4,23,24,25). The number of aliphatic carboxylic acids is 2. The highest BCUT2D eigenvalue weighted by Crippen LogP contribution is 2.07. The fourth-order valence-electron chi connectivity index (χ4n) is 2.94. The van der Waals surface area contributed by atoms with Crippen LogP contribution in [0.25, 0.3) is 0 Å². The summed E-state index contributed by atoms with van der Waals surface area (Å²) in [6.07, 6.45) is -1.13. The number of nitrogens with one attached hydrogen (secondary N) is 3. The molecule has 0 aromatic heterocycles. The molecule has 0 aromatic rings. The summed E-state index contributed by atoms with van der Waals surface area (Å²) in [6, 6.07) is -5.23. The minimum Gasteiger partial charge on any atom is -0.481 e. The van der Waals surface area contributed by atoms with E-state index in [0.717, 1.165) is 0 Å². The fourth-order valence-corrected chi connectivity index (χ4v) is 2.94. The lowest BCUT2D eigenvalue weighted by molar-refractivity contribution is -0.143. The van der Waals surface area contributed by atoms with E-state index in [0.29, 0.717) is 0 Å². The molecule has 13 N–H and O–H groups in total. The Morgan fingerprint density at radius 3 is 1.89 bits per heavy atom. The summed E-state index contributed by atoms with van der Waals surface area (Å²) in [5.74, 6) is -6.63. The molecule has 0 bridgehead atoms. The Morgan fingerprint density at radius 1 is 0.833 bits per heavy atom. The third kappa shape index (κ3) is 13.1. The predicted octanol–water partition coefficient (Wildman–Crippen LogP) is -3.70. The number of nitrogens with two attached hydrogens (primary N) is 4. The second-order valence-electron chi connectivity index (χ2n) is 8.35. The highest BCUT2D eigenvalue weighted by atomic mass is 16.4. The van der Waals surface area contributed by atoms with E-state index in [2.05, 4.69) is 20.9 Å². The Kier molecular flexibility index (Phi) is 14.1. The molecule has 0 aliphatic carbocycles. The van der Waals surface area contributed by atoms with E-state index in [1.807, 2.05) is 0 Å². The Balaban J connectivity index is 5.60. The number of carbonyl (C=O) groups excluding carboxylic acids is 4. The van der Waals surface area contributed by atoms with E-state index in [-0.39, 0.29) is 31.8 Å². The Bertz CT molecular complexity index is 844. The number of carboxylic acids is 2. The van der Waals surface area contributed by atoms with Gasteiger partial charge < -0.3 is 49.1 Å². The van der Waals surface area contributed by atoms with E-state index >= 15 is 0 Å². The van der Waals surface area contributed by atoms with E-state index < -0.39 is 78.5 Å². The van der Waals surface area contributed by atoms with Crippen LogP contribution < -0.4 is 38.9 Å². The summed E-state index contributed by atoms with van der Waals surface area (Å²) in [6.45, 7) is 3.34. The minimum absolute atomic E-state index is 0.0143. The van der Waals surface area contributed by atoms with Crippen molar-refractivity contribution in [3.8, 4) is 0 Å². The molecule has 4 atom stereocenters. The maximum absolute atomic E-state index is 13.0. The zero-order valence-electron chi connectivity index (χ0n) is 20.2. The topological polar surface area (TPSA) is 295 Å². The van der Waals surface area contributed by atoms with Gasteiger partial charge in [0.25, 0.3) is 0 Å². The van der Waals surface area contributed by atoms with Gasteiger partial charge in [-0.1, -0.05) is 13.8 Å². The van der Waals surface area contributed by atoms with Gasteiger partial charge in [0.15, 0.2) is 5.96 Å². The van der Waals surface area contributed by atoms with Crippen molar-refractivity contribution in [2.75, 3.05) is 6.54 Å². The van der Waals surface area contributed by atoms with Gasteiger partial charge in [0.05, 0.1) is 12.5 Å². The van der Waals surface area contributed by atoms with Crippen LogP contribution in [-0.2, 0) is 28.8 Å². The first kappa shape index (κ1) is 32.0. The van der Waals surface area contributed by atoms with Gasteiger partial charge in [-0.3, -0.25) is 29.0 Å². The maximum Gasteiger partial charge on any atom is 0.326 e. The summed E-state index contributed by atoms with van der Waals surface area (Å²) in [5.41, 5.74) is 21.2. The van der Waals surface area contributed by atoms with Crippen molar-refractivity contribution < 1.29 is 39.0 Å². The smallest absolute Gasteiger partial charge is 0.326 e. The number of carboxylic acid groups (broad SMARTS) is 2. The molecule has 204 valence electrons. The van der Waals surface area contributed by atoms with Gasteiger partial charge in [-0.2, -0.15) is 0 Å². The fraction of sp³-hybridized carbons (Fsp3) is 0.650. The van der Waals surface area contributed by atoms with Crippen LogP contribution in [0, 0.1) is 5.92 Å². The van der Waals surface area contributed by atoms with Gasteiger partial charge >= 0.3 is 11.9 Å². The van der Waals surface area contributed by atoms with Crippen molar-refractivity contribution >= 4 is 41.5 Å². The molecule has 0 saturated heterocycles. The van der Waals surface area contributed by atoms with Gasteiger partial charge in [0, 0.05) is 13.0 Å². The molecule has 36 heavy (non-hydrogen) atoms. The highest BCUT2D eigenvalue weighted by Gasteiger charge is 2.31. The number of hydrogen-bond donors (Lipinski definition) is 9. The zero-order valence-corrected chi connectivity index (χ0v) is 20.2. The summed E-state index contributed by atoms with van der Waals surface area (Å²) in [7, 11) is 0. The molecule has 0 aliphatic rings. The van der Waals surface area contributed by atoms with Crippen molar-refractivity contribution in [2.45, 2.75) is 70.1 Å². The summed E-state index contributed by atoms with van der Waals surface area (Å²) in [4.78, 5) is 75.1. The van der Waals surface area contributed by atoms with Crippen LogP contribution in [0.3, 0.4) is 0 Å². The van der Waals surface area contributed by atoms with E-state index in [4.69, 9.17) is 28.0 Å². The first-order valence-electron chi connectivity index (χ1n) is 11.1. The molecular formula is C20H36N8O8. The van der Waals surface area contributed by atoms with E-state index in [1.165, 1.54) is 0 Å². The third-order valence-corrected chi connectivity index (χ3v) is 4.84. The average Bonchev–Trinajstić information content (AvgIpc) is 2.75. The predicted molar refractivity (Wildman–Crippen MR) is 127 cm³/mol. The Labute approximate surface area is 207 Å². The number of carbonyl (C=O) groups is 6. The van der Waals surface area contributed by atoms with Crippen LogP contribution in [0.4, 0.5) is 0 Å². The first-order chi connectivity index (χ1) is 16.6. The largest absolute Gasteiger partial charge is 0.481 e. The van der Waals surface area contributed by atoms with Crippen molar-refractivity contribution in [1.29, 1.82) is 0 Å². The molecule has 0 rings (SSSR count). The SMILES string of the molecule is CC(C)C(NC(=O)C(N)CC(N)=O)C(=O)NC(CCCN=C(N)N)C(=O)NC(CCC(=O)O)C(=O)O. The number of primary amides is 1. The second kappa shape index (κ2) is 15.9. The minimum atomic E-state index is -1.52. The van der Waals surface area contributed by atoms with Gasteiger partial charge in [-0.05, 0) is 25.2 Å². The second-order valence-corrected chi connectivity index (χ2v) is 8.35. The molecule has 0 spiro atoms. The molecule has 16 nitrogen and oxygen atoms in total. The zero-order chi connectivity index (χ0) is 28.0. The first-order valence-corrected chi connectivity index (χ1v) is 11.1. The lowest BCUT2D eigenvalue weighted by atomic mass is 10.0. The van der Waals surface area contributed by atoms with Crippen LogP contribution >= 0.6 is 0 Å².